The van der Waals surface area contributed by atoms with E-state index in [1.807, 2.05) is 18.7 Å². The maximum Gasteiger partial charge on any atom is 0.216 e. The van der Waals surface area contributed by atoms with Crippen LogP contribution in [-0.4, -0.2) is 40.9 Å². The first-order chi connectivity index (χ1) is 9.49. The highest BCUT2D eigenvalue weighted by molar-refractivity contribution is 5.34. The number of nitrogens with zero attached hydrogens (tertiary/aromatic N) is 3. The van der Waals surface area contributed by atoms with Gasteiger partial charge in [-0.05, 0) is 39.5 Å². The maximum absolute atomic E-state index is 6.11. The lowest BCUT2D eigenvalue weighted by Crippen LogP contribution is -2.40. The Morgan fingerprint density at radius 2 is 2.10 bits per heavy atom. The SMILES string of the molecule is COc1c(C(CN)N(CC2CC2)C(C)C)c(C)nn1C. The Morgan fingerprint density at radius 3 is 2.55 bits per heavy atom. The van der Waals surface area contributed by atoms with Crippen LogP contribution in [0.3, 0.4) is 0 Å². The number of hydrogen-bond acceptors (Lipinski definition) is 4. The first-order valence-electron chi connectivity index (χ1n) is 7.52. The molecule has 1 saturated carbocycles. The van der Waals surface area contributed by atoms with Crippen LogP contribution in [0, 0.1) is 12.8 Å². The number of rotatable bonds is 7. The highest BCUT2D eigenvalue weighted by atomic mass is 16.5. The molecule has 0 saturated heterocycles. The number of methoxy groups -OCH3 is 1. The molecule has 0 aromatic carbocycles. The van der Waals surface area contributed by atoms with Crippen molar-refractivity contribution in [2.24, 2.45) is 18.7 Å². The Hall–Kier alpha value is -1.07. The molecular weight excluding hydrogens is 252 g/mol. The van der Waals surface area contributed by atoms with Gasteiger partial charge in [0.1, 0.15) is 0 Å². The molecule has 1 aromatic heterocycles. The minimum atomic E-state index is 0.180. The molecule has 1 fully saturated rings. The van der Waals surface area contributed by atoms with Crippen molar-refractivity contribution < 1.29 is 4.74 Å². The fourth-order valence-electron chi connectivity index (χ4n) is 2.99. The molecule has 1 heterocycles. The fourth-order valence-corrected chi connectivity index (χ4v) is 2.99. The first-order valence-corrected chi connectivity index (χ1v) is 7.52. The van der Waals surface area contributed by atoms with E-state index in [4.69, 9.17) is 10.5 Å². The molecule has 1 atom stereocenters. The third kappa shape index (κ3) is 2.99. The highest BCUT2D eigenvalue weighted by Gasteiger charge is 2.33. The fraction of sp³-hybridized carbons (Fsp3) is 0.800. The van der Waals surface area contributed by atoms with Gasteiger partial charge < -0.3 is 10.5 Å². The van der Waals surface area contributed by atoms with Gasteiger partial charge in [0, 0.05) is 26.2 Å². The number of ether oxygens (including phenoxy) is 1. The van der Waals surface area contributed by atoms with Crippen LogP contribution in [0.5, 0.6) is 5.88 Å². The van der Waals surface area contributed by atoms with Gasteiger partial charge in [-0.2, -0.15) is 5.10 Å². The molecule has 1 aromatic rings. The van der Waals surface area contributed by atoms with Gasteiger partial charge in [0.05, 0.1) is 24.4 Å². The molecule has 0 bridgehead atoms. The van der Waals surface area contributed by atoms with E-state index in [1.54, 1.807) is 7.11 Å². The van der Waals surface area contributed by atoms with Crippen LogP contribution in [0.25, 0.3) is 0 Å². The first kappa shape index (κ1) is 15.3. The lowest BCUT2D eigenvalue weighted by molar-refractivity contribution is 0.146. The number of aryl methyl sites for hydroxylation is 2. The summed E-state index contributed by atoms with van der Waals surface area (Å²) in [6.45, 7) is 8.23. The Labute approximate surface area is 122 Å². The molecule has 2 N–H and O–H groups in total. The minimum absolute atomic E-state index is 0.180. The molecule has 2 rings (SSSR count). The van der Waals surface area contributed by atoms with E-state index in [2.05, 4.69) is 23.8 Å². The summed E-state index contributed by atoms with van der Waals surface area (Å²) in [5.41, 5.74) is 8.27. The second kappa shape index (κ2) is 6.14. The number of hydrogen-bond donors (Lipinski definition) is 1. The summed E-state index contributed by atoms with van der Waals surface area (Å²) in [6, 6.07) is 0.646. The Bertz CT molecular complexity index is 451. The molecule has 114 valence electrons. The smallest absolute Gasteiger partial charge is 0.216 e. The zero-order chi connectivity index (χ0) is 14.9. The molecule has 1 aliphatic carbocycles. The van der Waals surface area contributed by atoms with E-state index in [0.29, 0.717) is 12.6 Å². The van der Waals surface area contributed by atoms with Gasteiger partial charge in [0.25, 0.3) is 0 Å². The second-order valence-corrected chi connectivity index (χ2v) is 6.12. The summed E-state index contributed by atoms with van der Waals surface area (Å²) in [6.07, 6.45) is 2.70. The average Bonchev–Trinajstić information content (AvgIpc) is 3.15. The lowest BCUT2D eigenvalue weighted by Gasteiger charge is -2.34. The summed E-state index contributed by atoms with van der Waals surface area (Å²) in [5.74, 6) is 1.67. The summed E-state index contributed by atoms with van der Waals surface area (Å²) in [4.78, 5) is 2.50. The summed E-state index contributed by atoms with van der Waals surface area (Å²) in [5, 5.41) is 4.50. The molecule has 0 aliphatic heterocycles. The van der Waals surface area contributed by atoms with Crippen molar-refractivity contribution in [3.63, 3.8) is 0 Å². The number of nitrogens with two attached hydrogens (primary N) is 1. The normalized spacial score (nSPS) is 17.0. The van der Waals surface area contributed by atoms with Crippen molar-refractivity contribution in [3.8, 4) is 5.88 Å². The van der Waals surface area contributed by atoms with Crippen molar-refractivity contribution >= 4 is 0 Å². The van der Waals surface area contributed by atoms with Crippen molar-refractivity contribution in [2.45, 2.75) is 45.7 Å². The minimum Gasteiger partial charge on any atom is -0.481 e. The van der Waals surface area contributed by atoms with Gasteiger partial charge in [-0.3, -0.25) is 4.90 Å². The van der Waals surface area contributed by atoms with Crippen LogP contribution in [-0.2, 0) is 7.05 Å². The molecule has 0 radical (unpaired) electrons. The van der Waals surface area contributed by atoms with E-state index in [1.165, 1.54) is 12.8 Å². The number of aromatic nitrogens is 2. The standard InChI is InChI=1S/C15H28N4O/c1-10(2)19(9-12-6-7-12)13(8-16)14-11(3)17-18(4)15(14)20-5/h10,12-13H,6-9,16H2,1-5H3. The van der Waals surface area contributed by atoms with Crippen LogP contribution in [0.4, 0.5) is 0 Å². The zero-order valence-electron chi connectivity index (χ0n) is 13.4. The largest absolute Gasteiger partial charge is 0.481 e. The molecule has 5 nitrogen and oxygen atoms in total. The molecular formula is C15H28N4O. The van der Waals surface area contributed by atoms with Crippen LogP contribution in [0.2, 0.25) is 0 Å². The average molecular weight is 280 g/mol. The monoisotopic (exact) mass is 280 g/mol. The van der Waals surface area contributed by atoms with E-state index in [-0.39, 0.29) is 6.04 Å². The third-order valence-corrected chi connectivity index (χ3v) is 4.19. The van der Waals surface area contributed by atoms with E-state index in [9.17, 15) is 0 Å². The predicted molar refractivity (Wildman–Crippen MR) is 80.9 cm³/mol. The summed E-state index contributed by atoms with van der Waals surface area (Å²) >= 11 is 0. The maximum atomic E-state index is 6.11. The van der Waals surface area contributed by atoms with Crippen molar-refractivity contribution in [1.29, 1.82) is 0 Å². The third-order valence-electron chi connectivity index (χ3n) is 4.19. The second-order valence-electron chi connectivity index (χ2n) is 6.12. The van der Waals surface area contributed by atoms with E-state index >= 15 is 0 Å². The van der Waals surface area contributed by atoms with Crippen LogP contribution in [0.1, 0.15) is 44.0 Å². The van der Waals surface area contributed by atoms with Gasteiger partial charge in [-0.1, -0.05) is 0 Å². The van der Waals surface area contributed by atoms with Crippen LogP contribution < -0.4 is 10.5 Å². The van der Waals surface area contributed by atoms with Gasteiger partial charge in [-0.25, -0.2) is 4.68 Å². The van der Waals surface area contributed by atoms with Crippen molar-refractivity contribution in [3.05, 3.63) is 11.3 Å². The Kier molecular flexibility index (Phi) is 4.70. The zero-order valence-corrected chi connectivity index (χ0v) is 13.4. The topological polar surface area (TPSA) is 56.3 Å². The van der Waals surface area contributed by atoms with Gasteiger partial charge in [0.15, 0.2) is 0 Å². The van der Waals surface area contributed by atoms with E-state index < -0.39 is 0 Å². The van der Waals surface area contributed by atoms with Gasteiger partial charge in [-0.15, -0.1) is 0 Å². The predicted octanol–water partition coefficient (Wildman–Crippen LogP) is 1.86. The van der Waals surface area contributed by atoms with Crippen molar-refractivity contribution in [1.82, 2.24) is 14.7 Å². The summed E-state index contributed by atoms with van der Waals surface area (Å²) < 4.78 is 7.36. The Morgan fingerprint density at radius 1 is 1.45 bits per heavy atom. The molecule has 1 unspecified atom stereocenters. The lowest BCUT2D eigenvalue weighted by atomic mass is 10.0. The molecule has 20 heavy (non-hydrogen) atoms. The Balaban J connectivity index is 2.33. The van der Waals surface area contributed by atoms with E-state index in [0.717, 1.165) is 29.6 Å². The quantitative estimate of drug-likeness (QED) is 0.828. The van der Waals surface area contributed by atoms with Gasteiger partial charge >= 0.3 is 0 Å². The highest BCUT2D eigenvalue weighted by Crippen LogP contribution is 2.37. The summed E-state index contributed by atoms with van der Waals surface area (Å²) in [7, 11) is 3.62. The van der Waals surface area contributed by atoms with Crippen molar-refractivity contribution in [2.75, 3.05) is 20.2 Å². The van der Waals surface area contributed by atoms with Gasteiger partial charge in [0.2, 0.25) is 5.88 Å². The molecule has 5 heteroatoms. The molecule has 0 spiro atoms. The van der Waals surface area contributed by atoms with Crippen LogP contribution >= 0.6 is 0 Å². The van der Waals surface area contributed by atoms with Crippen LogP contribution in [0.15, 0.2) is 0 Å². The molecule has 0 amide bonds. The molecule has 1 aliphatic rings.